The van der Waals surface area contributed by atoms with Gasteiger partial charge < -0.3 is 0 Å². The fraction of sp³-hybridized carbons (Fsp3) is 0. The molecule has 0 N–H and O–H groups in total. The predicted molar refractivity (Wildman–Crippen MR) is 133 cm³/mol. The van der Waals surface area contributed by atoms with Gasteiger partial charge in [0.1, 0.15) is 35.7 Å². The number of hydrogen-bond acceptors (Lipinski definition) is 4. The summed E-state index contributed by atoms with van der Waals surface area (Å²) in [6, 6.07) is 3.99. The first-order valence-electron chi connectivity index (χ1n) is 11.7. The molecule has 0 bridgehead atoms. The van der Waals surface area contributed by atoms with Gasteiger partial charge >= 0.3 is 0 Å². The molecule has 1 aliphatic rings. The van der Waals surface area contributed by atoms with E-state index >= 15 is 26.3 Å². The van der Waals surface area contributed by atoms with Crippen LogP contribution in [-0.4, -0.2) is 0 Å². The van der Waals surface area contributed by atoms with Crippen LogP contribution in [0.25, 0.3) is 26.5 Å². The molecule has 0 saturated heterocycles. The monoisotopic (exact) mass is 654 g/mol. The zero-order chi connectivity index (χ0) is 35.2. The summed E-state index contributed by atoms with van der Waals surface area (Å²) in [5, 5.41) is 37.4. The Hall–Kier alpha value is -6.95. The lowest BCUT2D eigenvalue weighted by Crippen LogP contribution is -2.06. The third kappa shape index (κ3) is 4.68. The van der Waals surface area contributed by atoms with Crippen LogP contribution < -0.4 is 0 Å². The van der Waals surface area contributed by atoms with Crippen LogP contribution in [0.15, 0.2) is 22.8 Å². The summed E-state index contributed by atoms with van der Waals surface area (Å²) in [6.45, 7) is 14.2. The maximum Gasteiger partial charge on any atom is 0.262 e. The van der Waals surface area contributed by atoms with Gasteiger partial charge in [-0.25, -0.2) is 58.0 Å². The Morgan fingerprint density at radius 2 is 0.957 bits per heavy atom. The molecule has 0 unspecified atom stereocenters. The first kappa shape index (κ1) is 33.0. The highest BCUT2D eigenvalue weighted by Crippen LogP contribution is 2.58. The van der Waals surface area contributed by atoms with Gasteiger partial charge in [-0.3, -0.25) is 0 Å². The minimum Gasteiger partial charge on any atom is -0.237 e. The van der Waals surface area contributed by atoms with Gasteiger partial charge in [-0.2, -0.15) is 21.0 Å². The molecular weight excluding hydrogens is 653 g/mol. The number of rotatable bonds is 3. The molecule has 1 saturated carbocycles. The fourth-order valence-corrected chi connectivity index (χ4v) is 4.42. The first-order valence-corrected chi connectivity index (χ1v) is 11.7. The van der Waals surface area contributed by atoms with Crippen LogP contribution in [0.4, 0.5) is 54.0 Å². The van der Waals surface area contributed by atoms with Crippen LogP contribution >= 0.6 is 0 Å². The number of hydrogen-bond donors (Lipinski definition) is 0. The van der Waals surface area contributed by atoms with Gasteiger partial charge in [0.05, 0.1) is 46.5 Å². The van der Waals surface area contributed by atoms with E-state index in [1.807, 2.05) is 0 Å². The Kier molecular flexibility index (Phi) is 8.31. The molecule has 0 heterocycles. The van der Waals surface area contributed by atoms with Crippen LogP contribution in [0, 0.1) is 122 Å². The Morgan fingerprint density at radius 1 is 0.532 bits per heavy atom. The minimum absolute atomic E-state index is 0.0585. The molecule has 0 aliphatic heterocycles. The smallest absolute Gasteiger partial charge is 0.237 e. The largest absolute Gasteiger partial charge is 0.262 e. The van der Waals surface area contributed by atoms with Crippen LogP contribution in [0.3, 0.4) is 0 Å². The highest BCUT2D eigenvalue weighted by Gasteiger charge is 2.45. The summed E-state index contributed by atoms with van der Waals surface area (Å²) in [4.78, 5) is 5.00. The van der Waals surface area contributed by atoms with Gasteiger partial charge in [0, 0.05) is 0 Å². The number of benzene rings is 3. The van der Waals surface area contributed by atoms with E-state index in [0.717, 1.165) is 24.3 Å². The van der Waals surface area contributed by atoms with Crippen molar-refractivity contribution >= 4 is 22.5 Å². The van der Waals surface area contributed by atoms with Gasteiger partial charge in [-0.05, 0) is 22.8 Å². The topological polar surface area (TPSA) is 104 Å². The summed E-state index contributed by atoms with van der Waals surface area (Å²) in [5.41, 5.74) is -19.3. The summed E-state index contributed by atoms with van der Waals surface area (Å²) in [7, 11) is 0. The number of nitriles is 4. The molecule has 3 aromatic carbocycles. The second kappa shape index (κ2) is 11.9. The quantitative estimate of drug-likeness (QED) is 0.123. The van der Waals surface area contributed by atoms with E-state index in [9.17, 15) is 32.5 Å². The Morgan fingerprint density at radius 3 is 1.32 bits per heavy atom. The second-order valence-electron chi connectivity index (χ2n) is 8.79. The van der Waals surface area contributed by atoms with Crippen molar-refractivity contribution in [2.75, 3.05) is 0 Å². The van der Waals surface area contributed by atoms with Gasteiger partial charge in [0.25, 0.3) is 5.69 Å². The van der Waals surface area contributed by atoms with E-state index in [1.54, 1.807) is 0 Å². The lowest BCUT2D eigenvalue weighted by atomic mass is 9.99. The maximum atomic E-state index is 15.0. The van der Waals surface area contributed by atoms with Gasteiger partial charge in [-0.15, -0.1) is 0 Å². The van der Waals surface area contributed by atoms with Crippen molar-refractivity contribution in [1.29, 1.82) is 21.0 Å². The maximum absolute atomic E-state index is 15.0. The molecular formula is C30HF11N6. The van der Waals surface area contributed by atoms with Gasteiger partial charge in [-0.1, -0.05) is 0 Å². The Labute approximate surface area is 253 Å². The molecule has 0 aromatic heterocycles. The summed E-state index contributed by atoms with van der Waals surface area (Å²) in [6.07, 6.45) is 0. The van der Waals surface area contributed by atoms with Crippen molar-refractivity contribution in [3.8, 4) is 24.3 Å². The summed E-state index contributed by atoms with van der Waals surface area (Å²) >= 11 is 0. The third-order valence-electron chi connectivity index (χ3n) is 6.50. The van der Waals surface area contributed by atoms with Gasteiger partial charge in [0.15, 0.2) is 58.2 Å². The highest BCUT2D eigenvalue weighted by molar-refractivity contribution is 6.11. The van der Waals surface area contributed by atoms with E-state index in [-0.39, 0.29) is 6.07 Å². The fourth-order valence-electron chi connectivity index (χ4n) is 4.42. The zero-order valence-corrected chi connectivity index (χ0v) is 21.9. The van der Waals surface area contributed by atoms with Crippen molar-refractivity contribution in [2.24, 2.45) is 0 Å². The molecule has 0 atom stereocenters. The van der Waals surface area contributed by atoms with E-state index < -0.39 is 131 Å². The molecule has 0 radical (unpaired) electrons. The van der Waals surface area contributed by atoms with Gasteiger partial charge in [0.2, 0.25) is 5.70 Å². The second-order valence-corrected chi connectivity index (χ2v) is 8.79. The predicted octanol–water partition coefficient (Wildman–Crippen LogP) is 8.11. The normalized spacial score (nSPS) is 14.9. The van der Waals surface area contributed by atoms with Crippen LogP contribution in [-0.2, 0) is 0 Å². The van der Waals surface area contributed by atoms with Crippen molar-refractivity contribution in [1.82, 2.24) is 0 Å². The summed E-state index contributed by atoms with van der Waals surface area (Å²) < 4.78 is 163. The molecule has 0 amide bonds. The standard InChI is InChI=1S/C30HF11N6/c1-46-29(17-12(31)3-8(4-42)19(32)26(17)39)18-13(9(5-43)15-22(35)20(33)11(7-45)21(34)23(15)36)14(18)10(6-44)16-24(37)27(40)30(47-2)28(41)25(16)38/h3H/b13-9+,14-10-,29-18-. The Bertz CT molecular complexity index is 2210. The molecule has 4 rings (SSSR count). The number of allylic oxidation sites excluding steroid dienone is 5. The van der Waals surface area contributed by atoms with Crippen LogP contribution in [0.1, 0.15) is 27.8 Å². The zero-order valence-electron chi connectivity index (χ0n) is 21.9. The molecule has 6 nitrogen and oxygen atoms in total. The molecule has 0 spiro atoms. The van der Waals surface area contributed by atoms with Crippen LogP contribution in [0.5, 0.6) is 0 Å². The van der Waals surface area contributed by atoms with Crippen molar-refractivity contribution in [3.05, 3.63) is 137 Å². The molecule has 1 fully saturated rings. The highest BCUT2D eigenvalue weighted by atomic mass is 19.2. The molecule has 1 aliphatic carbocycles. The van der Waals surface area contributed by atoms with E-state index in [1.165, 1.54) is 0 Å². The lowest BCUT2D eigenvalue weighted by Gasteiger charge is -2.08. The average Bonchev–Trinajstić information content (AvgIpc) is 3.77. The van der Waals surface area contributed by atoms with E-state index in [0.29, 0.717) is 0 Å². The minimum atomic E-state index is -2.46. The number of halogens is 11. The van der Waals surface area contributed by atoms with Crippen molar-refractivity contribution < 1.29 is 48.3 Å². The lowest BCUT2D eigenvalue weighted by molar-refractivity contribution is 0.447. The van der Waals surface area contributed by atoms with Crippen molar-refractivity contribution in [2.45, 2.75) is 0 Å². The molecule has 17 heteroatoms. The van der Waals surface area contributed by atoms with E-state index in [2.05, 4.69) is 9.69 Å². The SMILES string of the molecule is [C-]#[N+]/C(=C1/C(=C(\C#N)c2c(F)c(F)c(C#N)c(F)c2F)/C1=C(\C#N)c1c(F)c(F)c([N+]#[C-])c(F)c1F)c1c(F)cc(C#N)c(F)c1F. The van der Waals surface area contributed by atoms with Crippen molar-refractivity contribution in [3.63, 3.8) is 0 Å². The van der Waals surface area contributed by atoms with E-state index in [4.69, 9.17) is 23.7 Å². The summed E-state index contributed by atoms with van der Waals surface area (Å²) in [5.74, 6) is -25.6. The molecule has 228 valence electrons. The first-order chi connectivity index (χ1) is 22.2. The molecule has 3 aromatic rings. The number of nitrogens with zero attached hydrogens (tertiary/aromatic N) is 6. The third-order valence-corrected chi connectivity index (χ3v) is 6.50. The van der Waals surface area contributed by atoms with Crippen LogP contribution in [0.2, 0.25) is 0 Å². The average molecular weight is 654 g/mol. The Balaban J connectivity index is 2.35. The molecule has 47 heavy (non-hydrogen) atoms.